The number of hydrogen-bond acceptors (Lipinski definition) is 4. The molecule has 114 valence electrons. The zero-order chi connectivity index (χ0) is 14.9. The molecule has 1 saturated heterocycles. The topological polar surface area (TPSA) is 75.5 Å². The first kappa shape index (κ1) is 14.4. The summed E-state index contributed by atoms with van der Waals surface area (Å²) in [6.45, 7) is 1.96. The van der Waals surface area contributed by atoms with Crippen LogP contribution in [0.5, 0.6) is 5.88 Å². The highest BCUT2D eigenvalue weighted by molar-refractivity contribution is 6.29. The lowest BCUT2D eigenvalue weighted by Crippen LogP contribution is -2.49. The highest BCUT2D eigenvalue weighted by Crippen LogP contribution is 2.52. The minimum absolute atomic E-state index is 0.339. The molecule has 0 radical (unpaired) electrons. The number of ether oxygens (including phenoxy) is 1. The SMILES string of the molecule is O=C(O)N1CCC2(CC1)CC(COc1ccc(Cl)nn1)C2. The van der Waals surface area contributed by atoms with Crippen molar-refractivity contribution >= 4 is 17.7 Å². The van der Waals surface area contributed by atoms with E-state index in [0.29, 0.717) is 42.1 Å². The van der Waals surface area contributed by atoms with Crippen LogP contribution in [0, 0.1) is 11.3 Å². The lowest BCUT2D eigenvalue weighted by molar-refractivity contribution is -0.0261. The quantitative estimate of drug-likeness (QED) is 0.928. The molecule has 7 heteroatoms. The van der Waals surface area contributed by atoms with Crippen molar-refractivity contribution in [3.63, 3.8) is 0 Å². The molecule has 2 heterocycles. The number of rotatable bonds is 3. The third-order valence-electron chi connectivity index (χ3n) is 4.61. The smallest absolute Gasteiger partial charge is 0.407 e. The molecule has 0 aromatic carbocycles. The number of piperidine rings is 1. The lowest BCUT2D eigenvalue weighted by Gasteiger charge is -2.51. The van der Waals surface area contributed by atoms with E-state index in [0.717, 1.165) is 25.7 Å². The Bertz CT molecular complexity index is 507. The molecule has 3 rings (SSSR count). The summed E-state index contributed by atoms with van der Waals surface area (Å²) < 4.78 is 5.62. The van der Waals surface area contributed by atoms with Crippen molar-refractivity contribution in [2.45, 2.75) is 25.7 Å². The molecule has 2 fully saturated rings. The molecular weight excluding hydrogens is 294 g/mol. The number of hydrogen-bond donors (Lipinski definition) is 1. The zero-order valence-corrected chi connectivity index (χ0v) is 12.4. The summed E-state index contributed by atoms with van der Waals surface area (Å²) in [7, 11) is 0. The lowest BCUT2D eigenvalue weighted by atomic mass is 9.58. The number of nitrogens with zero attached hydrogens (tertiary/aromatic N) is 3. The van der Waals surface area contributed by atoms with Gasteiger partial charge < -0.3 is 14.7 Å². The van der Waals surface area contributed by atoms with Gasteiger partial charge in [-0.15, -0.1) is 10.2 Å². The molecule has 1 spiro atoms. The summed E-state index contributed by atoms with van der Waals surface area (Å²) in [6, 6.07) is 3.38. The third kappa shape index (κ3) is 3.20. The maximum atomic E-state index is 10.9. The normalized spacial score (nSPS) is 21.1. The van der Waals surface area contributed by atoms with Crippen molar-refractivity contribution in [3.05, 3.63) is 17.3 Å². The number of carbonyl (C=O) groups is 1. The molecule has 1 aromatic rings. The van der Waals surface area contributed by atoms with Crippen molar-refractivity contribution in [2.75, 3.05) is 19.7 Å². The van der Waals surface area contributed by atoms with Crippen molar-refractivity contribution in [2.24, 2.45) is 11.3 Å². The molecule has 1 aromatic heterocycles. The number of halogens is 1. The Morgan fingerprint density at radius 1 is 1.38 bits per heavy atom. The van der Waals surface area contributed by atoms with Gasteiger partial charge in [0, 0.05) is 19.2 Å². The first-order chi connectivity index (χ1) is 10.1. The largest absolute Gasteiger partial charge is 0.476 e. The maximum Gasteiger partial charge on any atom is 0.407 e. The Hall–Kier alpha value is -1.56. The summed E-state index contributed by atoms with van der Waals surface area (Å²) in [6.07, 6.45) is 3.36. The number of aromatic nitrogens is 2. The Kier molecular flexibility index (Phi) is 3.89. The fourth-order valence-corrected chi connectivity index (χ4v) is 3.55. The summed E-state index contributed by atoms with van der Waals surface area (Å²) in [5.74, 6) is 1.03. The molecule has 6 nitrogen and oxygen atoms in total. The molecule has 21 heavy (non-hydrogen) atoms. The minimum atomic E-state index is -0.801. The van der Waals surface area contributed by atoms with E-state index in [2.05, 4.69) is 10.2 Å². The van der Waals surface area contributed by atoms with Crippen molar-refractivity contribution in [3.8, 4) is 5.88 Å². The average molecular weight is 312 g/mol. The van der Waals surface area contributed by atoms with E-state index in [1.54, 1.807) is 12.1 Å². The van der Waals surface area contributed by atoms with E-state index in [1.165, 1.54) is 4.90 Å². The van der Waals surface area contributed by atoms with E-state index in [9.17, 15) is 4.79 Å². The van der Waals surface area contributed by atoms with Gasteiger partial charge >= 0.3 is 6.09 Å². The van der Waals surface area contributed by atoms with E-state index in [1.807, 2.05) is 0 Å². The Morgan fingerprint density at radius 3 is 2.67 bits per heavy atom. The fourth-order valence-electron chi connectivity index (χ4n) is 3.45. The van der Waals surface area contributed by atoms with Gasteiger partial charge in [-0.2, -0.15) is 0 Å². The summed E-state index contributed by atoms with van der Waals surface area (Å²) in [4.78, 5) is 12.4. The molecule has 0 atom stereocenters. The second-order valence-electron chi connectivity index (χ2n) is 6.05. The van der Waals surface area contributed by atoms with Crippen LogP contribution >= 0.6 is 11.6 Å². The minimum Gasteiger partial charge on any atom is -0.476 e. The first-order valence-electron chi connectivity index (χ1n) is 7.16. The van der Waals surface area contributed by atoms with Crippen LogP contribution in [0.4, 0.5) is 4.79 Å². The fraction of sp³-hybridized carbons (Fsp3) is 0.643. The van der Waals surface area contributed by atoms with Gasteiger partial charge in [-0.25, -0.2) is 4.79 Å². The van der Waals surface area contributed by atoms with Gasteiger partial charge in [0.15, 0.2) is 5.15 Å². The van der Waals surface area contributed by atoms with Crippen LogP contribution in [0.2, 0.25) is 5.15 Å². The third-order valence-corrected chi connectivity index (χ3v) is 4.81. The molecule has 1 aliphatic heterocycles. The van der Waals surface area contributed by atoms with Crippen LogP contribution in [0.1, 0.15) is 25.7 Å². The van der Waals surface area contributed by atoms with Gasteiger partial charge in [-0.05, 0) is 43.1 Å². The molecule has 1 saturated carbocycles. The number of likely N-dealkylation sites (tertiary alicyclic amines) is 1. The number of carboxylic acid groups (broad SMARTS) is 1. The Balaban J connectivity index is 1.42. The van der Waals surface area contributed by atoms with Crippen LogP contribution in [-0.4, -0.2) is 46.0 Å². The van der Waals surface area contributed by atoms with E-state index in [-0.39, 0.29) is 0 Å². The van der Waals surface area contributed by atoms with E-state index in [4.69, 9.17) is 21.4 Å². The molecule has 1 aliphatic carbocycles. The zero-order valence-electron chi connectivity index (χ0n) is 11.7. The van der Waals surface area contributed by atoms with E-state index >= 15 is 0 Å². The van der Waals surface area contributed by atoms with Crippen LogP contribution in [0.25, 0.3) is 0 Å². The summed E-state index contributed by atoms with van der Waals surface area (Å²) in [5.41, 5.74) is 0.339. The second kappa shape index (κ2) is 5.67. The molecule has 1 amide bonds. The van der Waals surface area contributed by atoms with Gasteiger partial charge in [-0.1, -0.05) is 11.6 Å². The van der Waals surface area contributed by atoms with Gasteiger partial charge in [-0.3, -0.25) is 0 Å². The van der Waals surface area contributed by atoms with Gasteiger partial charge in [0.25, 0.3) is 0 Å². The van der Waals surface area contributed by atoms with Crippen molar-refractivity contribution < 1.29 is 14.6 Å². The van der Waals surface area contributed by atoms with Crippen molar-refractivity contribution in [1.29, 1.82) is 0 Å². The highest BCUT2D eigenvalue weighted by atomic mass is 35.5. The Labute approximate surface area is 128 Å². The predicted octanol–water partition coefficient (Wildman–Crippen LogP) is 2.68. The van der Waals surface area contributed by atoms with Crippen LogP contribution < -0.4 is 4.74 Å². The number of amides is 1. The standard InChI is InChI=1S/C14H18ClN3O3/c15-11-1-2-12(17-16-11)21-9-10-7-14(8-10)3-5-18(6-4-14)13(19)20/h1-2,10H,3-9H2,(H,19,20). The van der Waals surface area contributed by atoms with E-state index < -0.39 is 6.09 Å². The average Bonchev–Trinajstić information content (AvgIpc) is 2.45. The van der Waals surface area contributed by atoms with Gasteiger partial charge in [0.05, 0.1) is 6.61 Å². The van der Waals surface area contributed by atoms with Crippen LogP contribution in [0.15, 0.2) is 12.1 Å². The van der Waals surface area contributed by atoms with Crippen LogP contribution in [0.3, 0.4) is 0 Å². The monoisotopic (exact) mass is 311 g/mol. The first-order valence-corrected chi connectivity index (χ1v) is 7.54. The van der Waals surface area contributed by atoms with Gasteiger partial charge in [0.2, 0.25) is 5.88 Å². The predicted molar refractivity (Wildman–Crippen MR) is 76.5 cm³/mol. The summed E-state index contributed by atoms with van der Waals surface area (Å²) >= 11 is 5.67. The molecule has 0 unspecified atom stereocenters. The van der Waals surface area contributed by atoms with Gasteiger partial charge in [0.1, 0.15) is 0 Å². The highest BCUT2D eigenvalue weighted by Gasteiger charge is 2.46. The van der Waals surface area contributed by atoms with Crippen molar-refractivity contribution in [1.82, 2.24) is 15.1 Å². The molecule has 0 bridgehead atoms. The molecular formula is C14H18ClN3O3. The Morgan fingerprint density at radius 2 is 2.10 bits per heavy atom. The maximum absolute atomic E-state index is 10.9. The van der Waals surface area contributed by atoms with Crippen LogP contribution in [-0.2, 0) is 0 Å². The second-order valence-corrected chi connectivity index (χ2v) is 6.44. The molecule has 1 N–H and O–H groups in total. The summed E-state index contributed by atoms with van der Waals surface area (Å²) in [5, 5.41) is 16.9. The molecule has 2 aliphatic rings.